The molecule has 194 valence electrons. The van der Waals surface area contributed by atoms with Crippen LogP contribution in [0.2, 0.25) is 0 Å². The zero-order valence-corrected chi connectivity index (χ0v) is 21.5. The molecule has 1 aliphatic rings. The van der Waals surface area contributed by atoms with Crippen LogP contribution in [-0.2, 0) is 28.9 Å². The topological polar surface area (TPSA) is 109 Å². The molecule has 0 saturated heterocycles. The quantitative estimate of drug-likeness (QED) is 0.375. The number of ether oxygens (including phenoxy) is 1. The van der Waals surface area contributed by atoms with E-state index in [0.29, 0.717) is 31.6 Å². The molecule has 0 radical (unpaired) electrons. The van der Waals surface area contributed by atoms with E-state index in [9.17, 15) is 9.59 Å². The van der Waals surface area contributed by atoms with Crippen molar-refractivity contribution >= 4 is 28.5 Å². The number of fused-ring (bicyclic) bond motifs is 2. The Morgan fingerprint density at radius 1 is 1.05 bits per heavy atom. The molecule has 3 heterocycles. The average Bonchev–Trinajstić information content (AvgIpc) is 2.96. The fourth-order valence-electron chi connectivity index (χ4n) is 4.85. The minimum absolute atomic E-state index is 0.00308. The summed E-state index contributed by atoms with van der Waals surface area (Å²) in [5, 5.41) is 6.92. The number of rotatable bonds is 8. The van der Waals surface area contributed by atoms with Crippen molar-refractivity contribution in [3.63, 3.8) is 0 Å². The second-order valence-corrected chi connectivity index (χ2v) is 9.20. The Balaban J connectivity index is 1.29. The molecule has 0 aliphatic carbocycles. The van der Waals surface area contributed by atoms with Crippen molar-refractivity contribution in [2.75, 3.05) is 39.2 Å². The lowest BCUT2D eigenvalue weighted by Gasteiger charge is -2.29. The molecule has 5 rings (SSSR count). The third kappa shape index (κ3) is 5.33. The summed E-state index contributed by atoms with van der Waals surface area (Å²) in [5.74, 6) is 0.602. The average molecular weight is 511 g/mol. The standard InChI is InChI=1S/C29H30N6O3/c1-30-29(37)24-9-12-32-28-20(4-3-5-23(24)28)8-11-31-26-15-25(33-18-34-26)21-7-6-19-10-13-35(16-22(19)14-21)27(36)17-38-2/h3-7,9,12,14-15,18H,8,10-11,13,16-17H2,1-2H3,(H,30,37)(H,31,33,34). The lowest BCUT2D eigenvalue weighted by molar-refractivity contribution is -0.136. The van der Waals surface area contributed by atoms with Crippen molar-refractivity contribution in [1.29, 1.82) is 0 Å². The highest BCUT2D eigenvalue weighted by atomic mass is 16.5. The van der Waals surface area contributed by atoms with Crippen LogP contribution in [0.15, 0.2) is 61.1 Å². The number of anilines is 1. The van der Waals surface area contributed by atoms with Crippen molar-refractivity contribution in [3.05, 3.63) is 83.3 Å². The van der Waals surface area contributed by atoms with E-state index < -0.39 is 0 Å². The molecule has 1 aliphatic heterocycles. The van der Waals surface area contributed by atoms with Crippen molar-refractivity contribution in [2.45, 2.75) is 19.4 Å². The maximum atomic E-state index is 12.3. The molecule has 0 unspecified atom stereocenters. The van der Waals surface area contributed by atoms with E-state index in [1.165, 1.54) is 12.7 Å². The van der Waals surface area contributed by atoms with Crippen molar-refractivity contribution < 1.29 is 14.3 Å². The fourth-order valence-corrected chi connectivity index (χ4v) is 4.85. The normalized spacial score (nSPS) is 12.7. The first-order chi connectivity index (χ1) is 18.6. The number of amides is 2. The number of carbonyl (C=O) groups excluding carboxylic acids is 2. The monoisotopic (exact) mass is 510 g/mol. The number of hydrogen-bond donors (Lipinski definition) is 2. The molecular weight excluding hydrogens is 480 g/mol. The number of pyridine rings is 1. The molecule has 9 heteroatoms. The molecule has 2 amide bonds. The first kappa shape index (κ1) is 25.3. The molecule has 0 spiro atoms. The largest absolute Gasteiger partial charge is 0.375 e. The smallest absolute Gasteiger partial charge is 0.251 e. The van der Waals surface area contributed by atoms with Gasteiger partial charge in [-0.2, -0.15) is 0 Å². The van der Waals surface area contributed by atoms with Gasteiger partial charge in [0, 0.05) is 57.0 Å². The van der Waals surface area contributed by atoms with E-state index in [-0.39, 0.29) is 18.4 Å². The van der Waals surface area contributed by atoms with Gasteiger partial charge in [0.25, 0.3) is 5.91 Å². The lowest BCUT2D eigenvalue weighted by Crippen LogP contribution is -2.38. The van der Waals surface area contributed by atoms with Gasteiger partial charge in [-0.15, -0.1) is 0 Å². The Bertz CT molecular complexity index is 1490. The third-order valence-electron chi connectivity index (χ3n) is 6.83. The Morgan fingerprint density at radius 3 is 2.79 bits per heavy atom. The zero-order chi connectivity index (χ0) is 26.5. The van der Waals surface area contributed by atoms with Crippen LogP contribution in [0.5, 0.6) is 0 Å². The van der Waals surface area contributed by atoms with Crippen molar-refractivity contribution in [1.82, 2.24) is 25.2 Å². The highest BCUT2D eigenvalue weighted by molar-refractivity contribution is 6.06. The first-order valence-electron chi connectivity index (χ1n) is 12.6. The number of benzene rings is 2. The van der Waals surface area contributed by atoms with E-state index in [0.717, 1.165) is 45.5 Å². The maximum Gasteiger partial charge on any atom is 0.251 e. The molecule has 0 bridgehead atoms. The van der Waals surface area contributed by atoms with Gasteiger partial charge in [-0.05, 0) is 41.7 Å². The number of methoxy groups -OCH3 is 1. The third-order valence-corrected chi connectivity index (χ3v) is 6.83. The van der Waals surface area contributed by atoms with Crippen LogP contribution < -0.4 is 10.6 Å². The first-order valence-corrected chi connectivity index (χ1v) is 12.6. The number of carbonyl (C=O) groups is 2. The Labute approximate surface area is 221 Å². The van der Waals surface area contributed by atoms with Crippen LogP contribution in [0, 0.1) is 0 Å². The van der Waals surface area contributed by atoms with Crippen LogP contribution >= 0.6 is 0 Å². The molecule has 38 heavy (non-hydrogen) atoms. The van der Waals surface area contributed by atoms with Crippen LogP contribution in [0.4, 0.5) is 5.82 Å². The fraction of sp³-hybridized carbons (Fsp3) is 0.276. The maximum absolute atomic E-state index is 12.3. The predicted molar refractivity (Wildman–Crippen MR) is 146 cm³/mol. The summed E-state index contributed by atoms with van der Waals surface area (Å²) in [6, 6.07) is 15.9. The minimum atomic E-state index is -0.127. The van der Waals surface area contributed by atoms with Gasteiger partial charge in [-0.25, -0.2) is 9.97 Å². The number of nitrogens with one attached hydrogen (secondary N) is 2. The van der Waals surface area contributed by atoms with Crippen LogP contribution in [0.3, 0.4) is 0 Å². The van der Waals surface area contributed by atoms with E-state index in [2.05, 4.69) is 43.8 Å². The Hall–Kier alpha value is -4.37. The van der Waals surface area contributed by atoms with Gasteiger partial charge >= 0.3 is 0 Å². The molecule has 0 atom stereocenters. The van der Waals surface area contributed by atoms with Crippen LogP contribution in [-0.4, -0.2) is 65.5 Å². The molecular formula is C29H30N6O3. The Kier molecular flexibility index (Phi) is 7.55. The second kappa shape index (κ2) is 11.4. The highest BCUT2D eigenvalue weighted by Gasteiger charge is 2.21. The van der Waals surface area contributed by atoms with Crippen LogP contribution in [0.1, 0.15) is 27.0 Å². The SMILES string of the molecule is CNC(=O)c1ccnc2c(CCNc3cc(-c4ccc5c(c4)CN(C(=O)COC)CC5)ncn3)cccc12. The zero-order valence-electron chi connectivity index (χ0n) is 21.5. The summed E-state index contributed by atoms with van der Waals surface area (Å²) in [6.07, 6.45) is 4.77. The molecule has 4 aromatic rings. The van der Waals surface area contributed by atoms with E-state index >= 15 is 0 Å². The number of nitrogens with zero attached hydrogens (tertiary/aromatic N) is 4. The number of aromatic nitrogens is 3. The summed E-state index contributed by atoms with van der Waals surface area (Å²) in [4.78, 5) is 39.8. The highest BCUT2D eigenvalue weighted by Crippen LogP contribution is 2.26. The summed E-state index contributed by atoms with van der Waals surface area (Å²) in [6.45, 7) is 2.01. The lowest BCUT2D eigenvalue weighted by atomic mass is 9.96. The van der Waals surface area contributed by atoms with Gasteiger partial charge in [-0.3, -0.25) is 14.6 Å². The molecule has 0 fully saturated rings. The van der Waals surface area contributed by atoms with Gasteiger partial charge in [0.2, 0.25) is 5.91 Å². The molecule has 0 saturated carbocycles. The van der Waals surface area contributed by atoms with Crippen LogP contribution in [0.25, 0.3) is 22.2 Å². The minimum Gasteiger partial charge on any atom is -0.375 e. The summed E-state index contributed by atoms with van der Waals surface area (Å²) >= 11 is 0. The van der Waals surface area contributed by atoms with Gasteiger partial charge in [0.1, 0.15) is 18.8 Å². The predicted octanol–water partition coefficient (Wildman–Crippen LogP) is 3.24. The molecule has 9 nitrogen and oxygen atoms in total. The summed E-state index contributed by atoms with van der Waals surface area (Å²) < 4.78 is 5.02. The van der Waals surface area contributed by atoms with Gasteiger partial charge < -0.3 is 20.3 Å². The molecule has 2 aromatic heterocycles. The van der Waals surface area contributed by atoms with Crippen molar-refractivity contribution in [2.24, 2.45) is 0 Å². The number of hydrogen-bond acceptors (Lipinski definition) is 7. The van der Waals surface area contributed by atoms with Crippen molar-refractivity contribution in [3.8, 4) is 11.3 Å². The summed E-state index contributed by atoms with van der Waals surface area (Å²) in [7, 11) is 3.16. The second-order valence-electron chi connectivity index (χ2n) is 9.20. The van der Waals surface area contributed by atoms with Gasteiger partial charge in [0.05, 0.1) is 16.8 Å². The molecule has 2 aromatic carbocycles. The summed E-state index contributed by atoms with van der Waals surface area (Å²) in [5.41, 5.74) is 6.67. The number of para-hydroxylation sites is 1. The van der Waals surface area contributed by atoms with E-state index in [1.54, 1.807) is 25.6 Å². The van der Waals surface area contributed by atoms with Gasteiger partial charge in [-0.1, -0.05) is 30.3 Å². The van der Waals surface area contributed by atoms with E-state index in [4.69, 9.17) is 4.74 Å². The van der Waals surface area contributed by atoms with E-state index in [1.807, 2.05) is 29.2 Å². The van der Waals surface area contributed by atoms with Gasteiger partial charge in [0.15, 0.2) is 0 Å². The molecule has 2 N–H and O–H groups in total. The Morgan fingerprint density at radius 2 is 1.95 bits per heavy atom.